The quantitative estimate of drug-likeness (QED) is 0.695. The van der Waals surface area contributed by atoms with Gasteiger partial charge >= 0.3 is 0 Å². The lowest BCUT2D eigenvalue weighted by atomic mass is 10.1. The first kappa shape index (κ1) is 13.6. The van der Waals surface area contributed by atoms with E-state index in [0.717, 1.165) is 11.1 Å². The molecule has 19 heavy (non-hydrogen) atoms. The Morgan fingerprint density at radius 2 is 2.21 bits per heavy atom. The van der Waals surface area contributed by atoms with Crippen molar-refractivity contribution in [1.82, 2.24) is 10.6 Å². The van der Waals surface area contributed by atoms with Gasteiger partial charge in [-0.05, 0) is 31.0 Å². The Hall–Kier alpha value is -1.83. The molecule has 1 aliphatic rings. The number of hydrogen-bond acceptors (Lipinski definition) is 3. The van der Waals surface area contributed by atoms with Crippen LogP contribution in [0.3, 0.4) is 0 Å². The summed E-state index contributed by atoms with van der Waals surface area (Å²) < 4.78 is 0. The fourth-order valence-corrected chi connectivity index (χ4v) is 2.18. The van der Waals surface area contributed by atoms with E-state index in [2.05, 4.69) is 16.6 Å². The highest BCUT2D eigenvalue weighted by Crippen LogP contribution is 2.14. The van der Waals surface area contributed by atoms with Crippen LogP contribution in [0.1, 0.15) is 30.5 Å². The zero-order valence-electron chi connectivity index (χ0n) is 10.9. The van der Waals surface area contributed by atoms with Gasteiger partial charge in [0.1, 0.15) is 0 Å². The molecule has 0 aromatic heterocycles. The maximum Gasteiger partial charge on any atom is 0.237 e. The van der Waals surface area contributed by atoms with Gasteiger partial charge in [0.25, 0.3) is 0 Å². The van der Waals surface area contributed by atoms with Gasteiger partial charge in [0.05, 0.1) is 18.2 Å². The van der Waals surface area contributed by atoms with Crippen LogP contribution in [0.2, 0.25) is 0 Å². The summed E-state index contributed by atoms with van der Waals surface area (Å²) in [6.45, 7) is 2.40. The summed E-state index contributed by atoms with van der Waals surface area (Å²) in [6, 6.07) is 7.15. The Labute approximate surface area is 113 Å². The summed E-state index contributed by atoms with van der Waals surface area (Å²) in [5.41, 5.74) is 1.83. The van der Waals surface area contributed by atoms with Gasteiger partial charge in [-0.15, -0.1) is 6.42 Å². The molecule has 2 rings (SSSR count). The summed E-state index contributed by atoms with van der Waals surface area (Å²) in [6.07, 6.45) is 5.34. The van der Waals surface area contributed by atoms with Crippen LogP contribution < -0.4 is 10.6 Å². The molecule has 0 bridgehead atoms. The first-order valence-electron chi connectivity index (χ1n) is 6.38. The van der Waals surface area contributed by atoms with Crippen molar-refractivity contribution in [2.45, 2.75) is 31.5 Å². The van der Waals surface area contributed by atoms with Gasteiger partial charge in [-0.25, -0.2) is 0 Å². The number of aliphatic hydroxyl groups excluding tert-OH is 1. The molecule has 1 aliphatic heterocycles. The summed E-state index contributed by atoms with van der Waals surface area (Å²) in [5.74, 6) is 2.48. The van der Waals surface area contributed by atoms with E-state index in [-0.39, 0.29) is 18.0 Å². The third-order valence-corrected chi connectivity index (χ3v) is 3.36. The number of carbonyl (C=O) groups is 1. The monoisotopic (exact) mass is 258 g/mol. The highest BCUT2D eigenvalue weighted by Gasteiger charge is 2.28. The van der Waals surface area contributed by atoms with Crippen LogP contribution in [0.15, 0.2) is 24.3 Å². The minimum Gasteiger partial charge on any atom is -0.392 e. The second kappa shape index (κ2) is 5.87. The Balaban J connectivity index is 1.94. The lowest BCUT2D eigenvalue weighted by Crippen LogP contribution is -2.41. The van der Waals surface area contributed by atoms with Gasteiger partial charge in [0, 0.05) is 12.1 Å². The molecule has 1 unspecified atom stereocenters. The summed E-state index contributed by atoms with van der Waals surface area (Å²) in [5, 5.41) is 15.3. The smallest absolute Gasteiger partial charge is 0.237 e. The minimum absolute atomic E-state index is 0.0786. The molecule has 1 aromatic carbocycles. The minimum atomic E-state index is -0.430. The van der Waals surface area contributed by atoms with Crippen LogP contribution in [0.5, 0.6) is 0 Å². The topological polar surface area (TPSA) is 61.4 Å². The van der Waals surface area contributed by atoms with Crippen molar-refractivity contribution in [3.8, 4) is 12.3 Å². The maximum atomic E-state index is 12.0. The number of β-amino-alcohol motifs (C(OH)–C–C–N with tert-alkyl or cyclic N) is 1. The SMILES string of the molecule is C#Cc1ccc(C(C)NC(=O)[C@H]2C[C@H](O)CN2)cc1. The second-order valence-corrected chi connectivity index (χ2v) is 4.85. The van der Waals surface area contributed by atoms with Crippen molar-refractivity contribution in [2.24, 2.45) is 0 Å². The van der Waals surface area contributed by atoms with E-state index in [1.54, 1.807) is 0 Å². The second-order valence-electron chi connectivity index (χ2n) is 4.85. The van der Waals surface area contributed by atoms with Crippen molar-refractivity contribution in [2.75, 3.05) is 6.54 Å². The van der Waals surface area contributed by atoms with Crippen LogP contribution in [0.25, 0.3) is 0 Å². The van der Waals surface area contributed by atoms with Gasteiger partial charge < -0.3 is 15.7 Å². The summed E-state index contributed by atoms with van der Waals surface area (Å²) in [4.78, 5) is 12.0. The van der Waals surface area contributed by atoms with Crippen LogP contribution >= 0.6 is 0 Å². The zero-order chi connectivity index (χ0) is 13.8. The number of terminal acetylenes is 1. The molecule has 1 fully saturated rings. The number of nitrogens with one attached hydrogen (secondary N) is 2. The standard InChI is InChI=1S/C15H18N2O2/c1-3-11-4-6-12(7-5-11)10(2)17-15(19)14-8-13(18)9-16-14/h1,4-7,10,13-14,16,18H,8-9H2,2H3,(H,17,19)/t10?,13-,14+/m0/s1. The Morgan fingerprint density at radius 3 is 2.74 bits per heavy atom. The summed E-state index contributed by atoms with van der Waals surface area (Å²) in [7, 11) is 0. The molecule has 3 atom stereocenters. The molecule has 3 N–H and O–H groups in total. The van der Waals surface area contributed by atoms with Crippen LogP contribution in [-0.2, 0) is 4.79 Å². The molecule has 0 aliphatic carbocycles. The molecular formula is C15H18N2O2. The van der Waals surface area contributed by atoms with E-state index in [9.17, 15) is 9.90 Å². The van der Waals surface area contributed by atoms with Crippen molar-refractivity contribution >= 4 is 5.91 Å². The molecule has 0 spiro atoms. The predicted molar refractivity (Wildman–Crippen MR) is 73.3 cm³/mol. The first-order valence-corrected chi connectivity index (χ1v) is 6.38. The molecule has 1 amide bonds. The normalized spacial score (nSPS) is 23.6. The number of hydrogen-bond donors (Lipinski definition) is 3. The van der Waals surface area contributed by atoms with Crippen molar-refractivity contribution in [3.63, 3.8) is 0 Å². The average molecular weight is 258 g/mol. The van der Waals surface area contributed by atoms with Crippen LogP contribution in [-0.4, -0.2) is 29.7 Å². The molecule has 1 saturated heterocycles. The van der Waals surface area contributed by atoms with Gasteiger partial charge in [-0.2, -0.15) is 0 Å². The van der Waals surface area contributed by atoms with Crippen molar-refractivity contribution in [1.29, 1.82) is 0 Å². The highest BCUT2D eigenvalue weighted by molar-refractivity contribution is 5.82. The largest absolute Gasteiger partial charge is 0.392 e. The Bertz CT molecular complexity index is 490. The lowest BCUT2D eigenvalue weighted by Gasteiger charge is -2.17. The van der Waals surface area contributed by atoms with E-state index in [1.807, 2.05) is 31.2 Å². The molecular weight excluding hydrogens is 240 g/mol. The van der Waals surface area contributed by atoms with Gasteiger partial charge in [-0.1, -0.05) is 18.1 Å². The van der Waals surface area contributed by atoms with Crippen LogP contribution in [0, 0.1) is 12.3 Å². The predicted octanol–water partition coefficient (Wildman–Crippen LogP) is 0.568. The fourth-order valence-electron chi connectivity index (χ4n) is 2.18. The molecule has 4 nitrogen and oxygen atoms in total. The third-order valence-electron chi connectivity index (χ3n) is 3.36. The molecule has 0 saturated carbocycles. The van der Waals surface area contributed by atoms with Crippen molar-refractivity contribution < 1.29 is 9.90 Å². The van der Waals surface area contributed by atoms with Gasteiger partial charge in [-0.3, -0.25) is 4.79 Å². The van der Waals surface area contributed by atoms with Crippen molar-refractivity contribution in [3.05, 3.63) is 35.4 Å². The van der Waals surface area contributed by atoms with E-state index >= 15 is 0 Å². The van der Waals surface area contributed by atoms with Crippen LogP contribution in [0.4, 0.5) is 0 Å². The fraction of sp³-hybridized carbons (Fsp3) is 0.400. The molecule has 1 aromatic rings. The van der Waals surface area contributed by atoms with Gasteiger partial charge in [0.15, 0.2) is 0 Å². The summed E-state index contributed by atoms with van der Waals surface area (Å²) >= 11 is 0. The first-order chi connectivity index (χ1) is 9.10. The van der Waals surface area contributed by atoms with E-state index in [1.165, 1.54) is 0 Å². The zero-order valence-corrected chi connectivity index (χ0v) is 10.9. The number of amides is 1. The van der Waals surface area contributed by atoms with E-state index in [0.29, 0.717) is 13.0 Å². The number of benzene rings is 1. The highest BCUT2D eigenvalue weighted by atomic mass is 16.3. The molecule has 0 radical (unpaired) electrons. The molecule has 4 heteroatoms. The molecule has 1 heterocycles. The Morgan fingerprint density at radius 1 is 1.53 bits per heavy atom. The molecule has 100 valence electrons. The Kier molecular flexibility index (Phi) is 4.20. The maximum absolute atomic E-state index is 12.0. The number of rotatable bonds is 3. The van der Waals surface area contributed by atoms with Gasteiger partial charge in [0.2, 0.25) is 5.91 Å². The number of carbonyl (C=O) groups excluding carboxylic acids is 1. The lowest BCUT2D eigenvalue weighted by molar-refractivity contribution is -0.123. The van der Waals surface area contributed by atoms with E-state index < -0.39 is 6.10 Å². The average Bonchev–Trinajstić information content (AvgIpc) is 2.85. The number of aliphatic hydroxyl groups is 1. The van der Waals surface area contributed by atoms with E-state index in [4.69, 9.17) is 6.42 Å². The third kappa shape index (κ3) is 3.34.